The van der Waals surface area contributed by atoms with Crippen molar-refractivity contribution in [3.05, 3.63) is 59.3 Å². The molecule has 3 rings (SSSR count). The SMILES string of the molecule is CNc1cc(OC)ccc1Nc1nc(Nc2cccc(F)c2F)ncc1Cl. The van der Waals surface area contributed by atoms with Gasteiger partial charge in [0.25, 0.3) is 0 Å². The summed E-state index contributed by atoms with van der Waals surface area (Å²) in [6.45, 7) is 0. The Kier molecular flexibility index (Phi) is 5.56. The molecule has 3 N–H and O–H groups in total. The van der Waals surface area contributed by atoms with Gasteiger partial charge in [0.05, 0.1) is 30.4 Å². The van der Waals surface area contributed by atoms with E-state index in [0.29, 0.717) is 17.3 Å². The fourth-order valence-corrected chi connectivity index (χ4v) is 2.47. The molecule has 0 spiro atoms. The molecule has 0 saturated heterocycles. The van der Waals surface area contributed by atoms with Gasteiger partial charge in [-0.2, -0.15) is 4.98 Å². The second-order valence-electron chi connectivity index (χ2n) is 5.40. The number of nitrogens with zero attached hydrogens (tertiary/aromatic N) is 2. The molecule has 0 fully saturated rings. The Bertz CT molecular complexity index is 970. The maximum atomic E-state index is 13.8. The molecule has 3 aromatic rings. The predicted octanol–water partition coefficient (Wildman–Crippen LogP) is 4.95. The van der Waals surface area contributed by atoms with Gasteiger partial charge in [0.15, 0.2) is 17.5 Å². The van der Waals surface area contributed by atoms with Crippen molar-refractivity contribution in [3.63, 3.8) is 0 Å². The molecule has 0 aliphatic rings. The van der Waals surface area contributed by atoms with Crippen molar-refractivity contribution in [2.24, 2.45) is 0 Å². The molecule has 0 atom stereocenters. The number of benzene rings is 2. The highest BCUT2D eigenvalue weighted by Crippen LogP contribution is 2.32. The molecule has 0 unspecified atom stereocenters. The van der Waals surface area contributed by atoms with Crippen molar-refractivity contribution in [2.45, 2.75) is 0 Å². The van der Waals surface area contributed by atoms with E-state index in [0.717, 1.165) is 11.8 Å². The van der Waals surface area contributed by atoms with Crippen LogP contribution in [0.25, 0.3) is 0 Å². The Labute approximate surface area is 159 Å². The lowest BCUT2D eigenvalue weighted by Gasteiger charge is -2.14. The number of hydrogen-bond donors (Lipinski definition) is 3. The molecule has 0 radical (unpaired) electrons. The lowest BCUT2D eigenvalue weighted by Crippen LogP contribution is -2.04. The number of halogens is 3. The van der Waals surface area contributed by atoms with Crippen molar-refractivity contribution in [1.29, 1.82) is 0 Å². The molecule has 0 saturated carbocycles. The van der Waals surface area contributed by atoms with E-state index in [1.54, 1.807) is 32.4 Å². The fourth-order valence-electron chi connectivity index (χ4n) is 2.33. The van der Waals surface area contributed by atoms with Crippen molar-refractivity contribution in [2.75, 3.05) is 30.1 Å². The molecule has 1 aromatic heterocycles. The number of rotatable bonds is 6. The predicted molar refractivity (Wildman–Crippen MR) is 103 cm³/mol. The van der Waals surface area contributed by atoms with Gasteiger partial charge in [0.2, 0.25) is 5.95 Å². The van der Waals surface area contributed by atoms with E-state index in [1.165, 1.54) is 18.3 Å². The minimum absolute atomic E-state index is 0.0610. The topological polar surface area (TPSA) is 71.1 Å². The highest BCUT2D eigenvalue weighted by Gasteiger charge is 2.12. The average Bonchev–Trinajstić information content (AvgIpc) is 2.68. The normalized spacial score (nSPS) is 10.4. The smallest absolute Gasteiger partial charge is 0.229 e. The van der Waals surface area contributed by atoms with Gasteiger partial charge in [-0.25, -0.2) is 13.8 Å². The van der Waals surface area contributed by atoms with Gasteiger partial charge in [0.1, 0.15) is 10.8 Å². The molecule has 27 heavy (non-hydrogen) atoms. The van der Waals surface area contributed by atoms with E-state index in [-0.39, 0.29) is 16.7 Å². The maximum Gasteiger partial charge on any atom is 0.229 e. The van der Waals surface area contributed by atoms with Crippen LogP contribution in [0.4, 0.5) is 37.6 Å². The molecule has 0 aliphatic heterocycles. The second kappa shape index (κ2) is 8.05. The summed E-state index contributed by atoms with van der Waals surface area (Å²) in [6.07, 6.45) is 1.36. The van der Waals surface area contributed by atoms with Gasteiger partial charge in [0, 0.05) is 13.1 Å². The molecule has 2 aromatic carbocycles. The van der Waals surface area contributed by atoms with E-state index < -0.39 is 11.6 Å². The Morgan fingerprint density at radius 2 is 1.85 bits per heavy atom. The highest BCUT2D eigenvalue weighted by molar-refractivity contribution is 6.33. The Morgan fingerprint density at radius 1 is 1.04 bits per heavy atom. The summed E-state index contributed by atoms with van der Waals surface area (Å²) in [6, 6.07) is 9.17. The third kappa shape index (κ3) is 4.17. The van der Waals surface area contributed by atoms with Crippen molar-refractivity contribution >= 4 is 40.4 Å². The van der Waals surface area contributed by atoms with E-state index in [9.17, 15) is 8.78 Å². The van der Waals surface area contributed by atoms with E-state index >= 15 is 0 Å². The summed E-state index contributed by atoms with van der Waals surface area (Å²) < 4.78 is 32.4. The van der Waals surface area contributed by atoms with Crippen LogP contribution in [0.3, 0.4) is 0 Å². The fraction of sp³-hybridized carbons (Fsp3) is 0.111. The molecular weight excluding hydrogens is 376 g/mol. The van der Waals surface area contributed by atoms with Crippen molar-refractivity contribution < 1.29 is 13.5 Å². The first-order valence-corrected chi connectivity index (χ1v) is 8.26. The monoisotopic (exact) mass is 391 g/mol. The zero-order valence-electron chi connectivity index (χ0n) is 14.5. The minimum atomic E-state index is -1.02. The van der Waals surface area contributed by atoms with Crippen molar-refractivity contribution in [1.82, 2.24) is 9.97 Å². The first-order chi connectivity index (χ1) is 13.0. The summed E-state index contributed by atoms with van der Waals surface area (Å²) in [7, 11) is 3.34. The van der Waals surface area contributed by atoms with Crippen LogP contribution in [-0.2, 0) is 0 Å². The van der Waals surface area contributed by atoms with Gasteiger partial charge in [-0.05, 0) is 24.3 Å². The van der Waals surface area contributed by atoms with Crippen LogP contribution in [0.5, 0.6) is 5.75 Å². The minimum Gasteiger partial charge on any atom is -0.497 e. The molecular formula is C18H16ClF2N5O. The molecule has 0 aliphatic carbocycles. The quantitative estimate of drug-likeness (QED) is 0.552. The summed E-state index contributed by atoms with van der Waals surface area (Å²) in [5.41, 5.74) is 1.38. The zero-order valence-corrected chi connectivity index (χ0v) is 15.2. The summed E-state index contributed by atoms with van der Waals surface area (Å²) in [5, 5.41) is 9.03. The summed E-state index contributed by atoms with van der Waals surface area (Å²) >= 11 is 6.17. The second-order valence-corrected chi connectivity index (χ2v) is 5.81. The lowest BCUT2D eigenvalue weighted by molar-refractivity contribution is 0.415. The molecule has 0 bridgehead atoms. The van der Waals surface area contributed by atoms with Crippen LogP contribution < -0.4 is 20.7 Å². The molecule has 1 heterocycles. The highest BCUT2D eigenvalue weighted by atomic mass is 35.5. The van der Waals surface area contributed by atoms with Crippen molar-refractivity contribution in [3.8, 4) is 5.75 Å². The van der Waals surface area contributed by atoms with Gasteiger partial charge < -0.3 is 20.7 Å². The molecule has 140 valence electrons. The number of hydrogen-bond acceptors (Lipinski definition) is 6. The summed E-state index contributed by atoms with van der Waals surface area (Å²) in [4.78, 5) is 8.24. The molecule has 0 amide bonds. The Balaban J connectivity index is 1.89. The van der Waals surface area contributed by atoms with Crippen LogP contribution >= 0.6 is 11.6 Å². The van der Waals surface area contributed by atoms with Crippen LogP contribution in [0.2, 0.25) is 5.02 Å². The van der Waals surface area contributed by atoms with Crippen LogP contribution in [0.15, 0.2) is 42.6 Å². The number of ether oxygens (including phenoxy) is 1. The van der Waals surface area contributed by atoms with Gasteiger partial charge in [-0.15, -0.1) is 0 Å². The maximum absolute atomic E-state index is 13.8. The van der Waals surface area contributed by atoms with E-state index in [4.69, 9.17) is 16.3 Å². The van der Waals surface area contributed by atoms with Crippen LogP contribution in [0, 0.1) is 11.6 Å². The molecule has 6 nitrogen and oxygen atoms in total. The zero-order chi connectivity index (χ0) is 19.4. The first kappa shape index (κ1) is 18.7. The first-order valence-electron chi connectivity index (χ1n) is 7.88. The lowest BCUT2D eigenvalue weighted by atomic mass is 10.2. The van der Waals surface area contributed by atoms with E-state index in [1.807, 2.05) is 0 Å². The van der Waals surface area contributed by atoms with Crippen LogP contribution in [0.1, 0.15) is 0 Å². The van der Waals surface area contributed by atoms with E-state index in [2.05, 4.69) is 25.9 Å². The largest absolute Gasteiger partial charge is 0.497 e. The van der Waals surface area contributed by atoms with Gasteiger partial charge in [-0.1, -0.05) is 17.7 Å². The van der Waals surface area contributed by atoms with Gasteiger partial charge in [-0.3, -0.25) is 0 Å². The number of anilines is 5. The number of aromatic nitrogens is 2. The standard InChI is InChI=1S/C18H16ClF2N5O/c1-22-15-8-10(27-2)6-7-13(15)24-17-11(19)9-23-18(26-17)25-14-5-3-4-12(20)16(14)21/h3-9,22H,1-2H3,(H2,23,24,25,26). The van der Waals surface area contributed by atoms with Gasteiger partial charge >= 0.3 is 0 Å². The Morgan fingerprint density at radius 3 is 2.59 bits per heavy atom. The summed E-state index contributed by atoms with van der Waals surface area (Å²) in [5.74, 6) is -0.941. The van der Waals surface area contributed by atoms with Crippen LogP contribution in [-0.4, -0.2) is 24.1 Å². The number of nitrogens with one attached hydrogen (secondary N) is 3. The third-order valence-corrected chi connectivity index (χ3v) is 3.97. The number of methoxy groups -OCH3 is 1. The third-order valence-electron chi connectivity index (χ3n) is 3.69. The molecule has 9 heteroatoms. The Hall–Kier alpha value is -3.13. The average molecular weight is 392 g/mol.